The van der Waals surface area contributed by atoms with Gasteiger partial charge in [0, 0.05) is 25.7 Å². The third kappa shape index (κ3) is 3.04. The van der Waals surface area contributed by atoms with E-state index in [9.17, 15) is 0 Å². The summed E-state index contributed by atoms with van der Waals surface area (Å²) in [6.07, 6.45) is 0.601. The zero-order chi connectivity index (χ0) is 13.0. The summed E-state index contributed by atoms with van der Waals surface area (Å²) in [6.45, 7) is 3.10. The van der Waals surface area contributed by atoms with E-state index in [1.807, 2.05) is 37.1 Å². The fourth-order valence-electron chi connectivity index (χ4n) is 1.62. The number of hydrogen-bond donors (Lipinski definition) is 1. The Kier molecular flexibility index (Phi) is 3.88. The molecule has 0 radical (unpaired) electrons. The standard InChI is InChI=1S/C12H17N5O/c1-9-4-3-5-10(14-9)8-17(2)12-16-15-11(18-12)6-7-13/h3-5H,6-8,13H2,1-2H3. The van der Waals surface area contributed by atoms with Gasteiger partial charge < -0.3 is 15.1 Å². The molecule has 0 aliphatic heterocycles. The molecule has 0 bridgehead atoms. The first-order chi connectivity index (χ1) is 8.69. The van der Waals surface area contributed by atoms with Crippen LogP contribution in [0.4, 0.5) is 6.01 Å². The van der Waals surface area contributed by atoms with Gasteiger partial charge in [-0.15, -0.1) is 5.10 Å². The van der Waals surface area contributed by atoms with E-state index in [4.69, 9.17) is 10.2 Å². The highest BCUT2D eigenvalue weighted by molar-refractivity contribution is 5.24. The largest absolute Gasteiger partial charge is 0.408 e. The van der Waals surface area contributed by atoms with Crippen LogP contribution < -0.4 is 10.6 Å². The molecule has 0 aromatic carbocycles. The van der Waals surface area contributed by atoms with Gasteiger partial charge in [-0.25, -0.2) is 0 Å². The van der Waals surface area contributed by atoms with Crippen LogP contribution in [0, 0.1) is 6.92 Å². The Morgan fingerprint density at radius 1 is 1.33 bits per heavy atom. The SMILES string of the molecule is Cc1cccc(CN(C)c2nnc(CCN)o2)n1. The highest BCUT2D eigenvalue weighted by Gasteiger charge is 2.11. The molecule has 2 rings (SSSR count). The predicted octanol–water partition coefficient (Wildman–Crippen LogP) is 0.911. The molecule has 2 heterocycles. The molecule has 0 saturated carbocycles. The van der Waals surface area contributed by atoms with Crippen LogP contribution >= 0.6 is 0 Å². The molecule has 0 spiro atoms. The molecule has 0 amide bonds. The van der Waals surface area contributed by atoms with Gasteiger partial charge in [-0.2, -0.15) is 0 Å². The monoisotopic (exact) mass is 247 g/mol. The number of rotatable bonds is 5. The van der Waals surface area contributed by atoms with Crippen molar-refractivity contribution in [3.63, 3.8) is 0 Å². The molecule has 0 aliphatic rings. The predicted molar refractivity (Wildman–Crippen MR) is 68.1 cm³/mol. The summed E-state index contributed by atoms with van der Waals surface area (Å²) in [4.78, 5) is 6.30. The van der Waals surface area contributed by atoms with Crippen molar-refractivity contribution in [2.45, 2.75) is 19.9 Å². The Labute approximate surface area is 106 Å². The van der Waals surface area contributed by atoms with Gasteiger partial charge in [0.2, 0.25) is 5.89 Å². The second-order valence-corrected chi connectivity index (χ2v) is 4.14. The maximum Gasteiger partial charge on any atom is 0.318 e. The Hall–Kier alpha value is -1.95. The van der Waals surface area contributed by atoms with Crippen LogP contribution in [0.3, 0.4) is 0 Å². The van der Waals surface area contributed by atoms with Crippen LogP contribution in [0.1, 0.15) is 17.3 Å². The molecule has 0 saturated heterocycles. The van der Waals surface area contributed by atoms with Crippen LogP contribution in [-0.4, -0.2) is 28.8 Å². The number of aryl methyl sites for hydroxylation is 1. The van der Waals surface area contributed by atoms with Crippen LogP contribution in [0.15, 0.2) is 22.6 Å². The van der Waals surface area contributed by atoms with Gasteiger partial charge in [-0.3, -0.25) is 4.98 Å². The average molecular weight is 247 g/mol. The fraction of sp³-hybridized carbons (Fsp3) is 0.417. The van der Waals surface area contributed by atoms with E-state index in [0.717, 1.165) is 11.4 Å². The van der Waals surface area contributed by atoms with Gasteiger partial charge in [0.25, 0.3) is 0 Å². The molecule has 2 N–H and O–H groups in total. The summed E-state index contributed by atoms with van der Waals surface area (Å²) >= 11 is 0. The van der Waals surface area contributed by atoms with E-state index < -0.39 is 0 Å². The molecular formula is C12H17N5O. The van der Waals surface area contributed by atoms with Crippen molar-refractivity contribution in [3.05, 3.63) is 35.5 Å². The molecule has 0 aliphatic carbocycles. The number of nitrogens with zero attached hydrogens (tertiary/aromatic N) is 4. The van der Waals surface area contributed by atoms with Gasteiger partial charge in [0.15, 0.2) is 0 Å². The van der Waals surface area contributed by atoms with Crippen molar-refractivity contribution in [2.24, 2.45) is 5.73 Å². The lowest BCUT2D eigenvalue weighted by molar-refractivity contribution is 0.489. The van der Waals surface area contributed by atoms with Crippen molar-refractivity contribution < 1.29 is 4.42 Å². The third-order valence-corrected chi connectivity index (χ3v) is 2.49. The van der Waals surface area contributed by atoms with Gasteiger partial charge in [-0.05, 0) is 19.1 Å². The molecule has 2 aromatic rings. The van der Waals surface area contributed by atoms with Crippen LogP contribution in [0.2, 0.25) is 0 Å². The normalized spacial score (nSPS) is 10.6. The fourth-order valence-corrected chi connectivity index (χ4v) is 1.62. The molecule has 2 aromatic heterocycles. The van der Waals surface area contributed by atoms with Crippen molar-refractivity contribution >= 4 is 6.01 Å². The lowest BCUT2D eigenvalue weighted by Gasteiger charge is -2.13. The summed E-state index contributed by atoms with van der Waals surface area (Å²) in [5.74, 6) is 0.566. The summed E-state index contributed by atoms with van der Waals surface area (Å²) in [7, 11) is 1.89. The van der Waals surface area contributed by atoms with E-state index in [1.165, 1.54) is 0 Å². The number of pyridine rings is 1. The minimum Gasteiger partial charge on any atom is -0.408 e. The minimum absolute atomic E-state index is 0.488. The van der Waals surface area contributed by atoms with E-state index in [1.54, 1.807) is 0 Å². The molecule has 96 valence electrons. The Bertz CT molecular complexity index is 511. The van der Waals surface area contributed by atoms with E-state index in [0.29, 0.717) is 31.4 Å². The highest BCUT2D eigenvalue weighted by atomic mass is 16.4. The number of aromatic nitrogens is 3. The van der Waals surface area contributed by atoms with E-state index in [-0.39, 0.29) is 0 Å². The number of nitrogens with two attached hydrogens (primary N) is 1. The maximum absolute atomic E-state index is 5.48. The molecular weight excluding hydrogens is 230 g/mol. The summed E-state index contributed by atoms with van der Waals surface area (Å²) in [5, 5.41) is 7.91. The van der Waals surface area contributed by atoms with Crippen molar-refractivity contribution in [1.82, 2.24) is 15.2 Å². The number of anilines is 1. The van der Waals surface area contributed by atoms with Gasteiger partial charge in [-0.1, -0.05) is 11.2 Å². The zero-order valence-corrected chi connectivity index (χ0v) is 10.6. The Balaban J connectivity index is 2.04. The van der Waals surface area contributed by atoms with Gasteiger partial charge >= 0.3 is 6.01 Å². The van der Waals surface area contributed by atoms with Crippen LogP contribution in [0.5, 0.6) is 0 Å². The molecule has 6 nitrogen and oxygen atoms in total. The lowest BCUT2D eigenvalue weighted by atomic mass is 10.3. The first-order valence-corrected chi connectivity index (χ1v) is 5.85. The van der Waals surface area contributed by atoms with Gasteiger partial charge in [0.05, 0.1) is 12.2 Å². The lowest BCUT2D eigenvalue weighted by Crippen LogP contribution is -2.17. The van der Waals surface area contributed by atoms with Crippen LogP contribution in [-0.2, 0) is 13.0 Å². The molecule has 0 fully saturated rings. The van der Waals surface area contributed by atoms with E-state index >= 15 is 0 Å². The van der Waals surface area contributed by atoms with Crippen molar-refractivity contribution in [2.75, 3.05) is 18.5 Å². The second-order valence-electron chi connectivity index (χ2n) is 4.14. The summed E-state index contributed by atoms with van der Waals surface area (Å²) < 4.78 is 5.48. The first kappa shape index (κ1) is 12.5. The third-order valence-electron chi connectivity index (χ3n) is 2.49. The summed E-state index contributed by atoms with van der Waals surface area (Å²) in [5.41, 5.74) is 7.40. The smallest absolute Gasteiger partial charge is 0.318 e. The van der Waals surface area contributed by atoms with Crippen molar-refractivity contribution in [3.8, 4) is 0 Å². The van der Waals surface area contributed by atoms with Crippen molar-refractivity contribution in [1.29, 1.82) is 0 Å². The average Bonchev–Trinajstić information content (AvgIpc) is 2.78. The quantitative estimate of drug-likeness (QED) is 0.845. The maximum atomic E-state index is 5.48. The number of hydrogen-bond acceptors (Lipinski definition) is 6. The Morgan fingerprint density at radius 2 is 2.17 bits per heavy atom. The topological polar surface area (TPSA) is 81.1 Å². The molecule has 18 heavy (non-hydrogen) atoms. The van der Waals surface area contributed by atoms with Crippen LogP contribution in [0.25, 0.3) is 0 Å². The van der Waals surface area contributed by atoms with Gasteiger partial charge in [0.1, 0.15) is 0 Å². The molecule has 6 heteroatoms. The summed E-state index contributed by atoms with van der Waals surface area (Å²) in [6, 6.07) is 6.41. The second kappa shape index (κ2) is 5.59. The minimum atomic E-state index is 0.488. The first-order valence-electron chi connectivity index (χ1n) is 5.85. The molecule has 0 atom stereocenters. The highest BCUT2D eigenvalue weighted by Crippen LogP contribution is 2.13. The zero-order valence-electron chi connectivity index (χ0n) is 10.6. The van der Waals surface area contributed by atoms with E-state index in [2.05, 4.69) is 15.2 Å². The Morgan fingerprint density at radius 3 is 2.89 bits per heavy atom. The molecule has 0 unspecified atom stereocenters.